The lowest BCUT2D eigenvalue weighted by atomic mass is 9.89. The first-order valence-electron chi connectivity index (χ1n) is 15.9. The van der Waals surface area contributed by atoms with Gasteiger partial charge in [-0.25, -0.2) is 4.98 Å². The number of rotatable bonds is 5. The first-order valence-corrected chi connectivity index (χ1v) is 15.9. The third kappa shape index (κ3) is 4.77. The third-order valence-electron chi connectivity index (χ3n) is 9.02. The molecule has 220 valence electrons. The molecule has 6 aromatic carbocycles. The van der Waals surface area contributed by atoms with Gasteiger partial charge in [-0.15, -0.1) is 0 Å². The van der Waals surface area contributed by atoms with Gasteiger partial charge >= 0.3 is 0 Å². The molecule has 3 nitrogen and oxygen atoms in total. The number of nitrogens with zero attached hydrogens (tertiary/aromatic N) is 3. The molecule has 0 bridgehead atoms. The summed E-state index contributed by atoms with van der Waals surface area (Å²) in [5.41, 5.74) is 11.8. The van der Waals surface area contributed by atoms with E-state index in [4.69, 9.17) is 9.97 Å². The highest BCUT2D eigenvalue weighted by Gasteiger charge is 2.17. The van der Waals surface area contributed by atoms with Crippen molar-refractivity contribution in [2.75, 3.05) is 0 Å². The Morgan fingerprint density at radius 1 is 0.426 bits per heavy atom. The van der Waals surface area contributed by atoms with Crippen molar-refractivity contribution in [2.45, 2.75) is 0 Å². The second-order valence-corrected chi connectivity index (χ2v) is 11.9. The quantitative estimate of drug-likeness (QED) is 0.184. The van der Waals surface area contributed by atoms with Gasteiger partial charge in [-0.3, -0.25) is 9.38 Å². The van der Waals surface area contributed by atoms with Crippen LogP contribution in [-0.2, 0) is 0 Å². The van der Waals surface area contributed by atoms with E-state index in [-0.39, 0.29) is 0 Å². The van der Waals surface area contributed by atoms with E-state index in [0.717, 1.165) is 56.1 Å². The van der Waals surface area contributed by atoms with Crippen molar-refractivity contribution in [2.24, 2.45) is 0 Å². The summed E-state index contributed by atoms with van der Waals surface area (Å²) < 4.78 is 2.18. The van der Waals surface area contributed by atoms with Crippen LogP contribution in [-0.4, -0.2) is 14.4 Å². The van der Waals surface area contributed by atoms with Crippen LogP contribution in [0.5, 0.6) is 0 Å². The van der Waals surface area contributed by atoms with Crippen LogP contribution in [0.2, 0.25) is 0 Å². The van der Waals surface area contributed by atoms with Crippen LogP contribution in [0.25, 0.3) is 83.2 Å². The summed E-state index contributed by atoms with van der Waals surface area (Å²) >= 11 is 0. The van der Waals surface area contributed by atoms with Crippen LogP contribution < -0.4 is 0 Å². The molecule has 0 spiro atoms. The van der Waals surface area contributed by atoms with E-state index in [0.29, 0.717) is 0 Å². The molecule has 0 aliphatic heterocycles. The minimum absolute atomic E-state index is 0.925. The van der Waals surface area contributed by atoms with Crippen molar-refractivity contribution < 1.29 is 0 Å². The minimum atomic E-state index is 0.925. The minimum Gasteiger partial charge on any atom is -0.299 e. The molecule has 47 heavy (non-hydrogen) atoms. The van der Waals surface area contributed by atoms with Gasteiger partial charge in [0.25, 0.3) is 0 Å². The normalized spacial score (nSPS) is 11.4. The standard InChI is InChI=1S/C44H29N3/c1-2-13-30(14-3-1)44-43(46-42-22-9-11-24-47(42)44)33-17-12-16-31(25-33)34-26-35(28-36(27-34)41-21-8-10-23-45-41)40-29-32-15-4-5-18-37(32)38-19-6-7-20-39(38)40/h1-29H. The highest BCUT2D eigenvalue weighted by molar-refractivity contribution is 6.14. The third-order valence-corrected chi connectivity index (χ3v) is 9.02. The average Bonchev–Trinajstić information content (AvgIpc) is 3.55. The summed E-state index contributed by atoms with van der Waals surface area (Å²) in [4.78, 5) is 9.89. The summed E-state index contributed by atoms with van der Waals surface area (Å²) in [5.74, 6) is 0. The number of hydrogen-bond acceptors (Lipinski definition) is 2. The van der Waals surface area contributed by atoms with Gasteiger partial charge in [0.05, 0.1) is 17.1 Å². The van der Waals surface area contributed by atoms with E-state index in [1.54, 1.807) is 0 Å². The summed E-state index contributed by atoms with van der Waals surface area (Å²) in [6.45, 7) is 0. The van der Waals surface area contributed by atoms with Gasteiger partial charge in [-0.1, -0.05) is 109 Å². The Bertz CT molecular complexity index is 2570. The van der Waals surface area contributed by atoms with Crippen LogP contribution in [0, 0.1) is 0 Å². The topological polar surface area (TPSA) is 30.2 Å². The number of benzene rings is 6. The van der Waals surface area contributed by atoms with Crippen molar-refractivity contribution in [1.82, 2.24) is 14.4 Å². The number of fused-ring (bicyclic) bond motifs is 4. The molecule has 9 aromatic rings. The molecular weight excluding hydrogens is 571 g/mol. The molecule has 9 rings (SSSR count). The first kappa shape index (κ1) is 27.0. The summed E-state index contributed by atoms with van der Waals surface area (Å²) in [6.07, 6.45) is 3.96. The molecule has 0 aliphatic carbocycles. The van der Waals surface area contributed by atoms with Gasteiger partial charge < -0.3 is 0 Å². The number of pyridine rings is 2. The Hall–Kier alpha value is -6.32. The molecule has 0 atom stereocenters. The zero-order valence-electron chi connectivity index (χ0n) is 25.6. The van der Waals surface area contributed by atoms with E-state index < -0.39 is 0 Å². The van der Waals surface area contributed by atoms with E-state index in [1.807, 2.05) is 18.3 Å². The van der Waals surface area contributed by atoms with Crippen molar-refractivity contribution >= 4 is 27.2 Å². The fourth-order valence-corrected chi connectivity index (χ4v) is 6.84. The smallest absolute Gasteiger partial charge is 0.137 e. The SMILES string of the molecule is c1ccc(-c2c(-c3cccc(-c4cc(-c5ccccn5)cc(-c5cc6ccccc6c6ccccc56)c4)c3)nc3ccccn23)cc1. The molecule has 3 heteroatoms. The number of imidazole rings is 1. The lowest BCUT2D eigenvalue weighted by Gasteiger charge is -2.15. The van der Waals surface area contributed by atoms with Gasteiger partial charge in [0, 0.05) is 29.1 Å². The highest BCUT2D eigenvalue weighted by atomic mass is 15.0. The van der Waals surface area contributed by atoms with E-state index in [9.17, 15) is 0 Å². The fraction of sp³-hybridized carbons (Fsp3) is 0. The molecule has 3 aromatic heterocycles. The monoisotopic (exact) mass is 599 g/mol. The lowest BCUT2D eigenvalue weighted by molar-refractivity contribution is 1.19. The van der Waals surface area contributed by atoms with Crippen molar-refractivity contribution in [3.63, 3.8) is 0 Å². The molecule has 0 saturated carbocycles. The van der Waals surface area contributed by atoms with Gasteiger partial charge in [0.2, 0.25) is 0 Å². The van der Waals surface area contributed by atoms with Gasteiger partial charge in [0.1, 0.15) is 5.65 Å². The molecule has 0 fully saturated rings. The van der Waals surface area contributed by atoms with Crippen LogP contribution in [0.15, 0.2) is 176 Å². The maximum atomic E-state index is 5.14. The predicted octanol–water partition coefficient (Wildman–Crippen LogP) is 11.4. The lowest BCUT2D eigenvalue weighted by Crippen LogP contribution is -1.91. The largest absolute Gasteiger partial charge is 0.299 e. The van der Waals surface area contributed by atoms with E-state index >= 15 is 0 Å². The Balaban J connectivity index is 1.27. The number of hydrogen-bond donors (Lipinski definition) is 0. The predicted molar refractivity (Wildman–Crippen MR) is 195 cm³/mol. The summed E-state index contributed by atoms with van der Waals surface area (Å²) in [6, 6.07) is 58.1. The van der Waals surface area contributed by atoms with Crippen molar-refractivity contribution in [3.8, 4) is 56.0 Å². The average molecular weight is 600 g/mol. The molecule has 0 N–H and O–H groups in total. The molecule has 0 amide bonds. The Morgan fingerprint density at radius 2 is 1.11 bits per heavy atom. The molecule has 0 radical (unpaired) electrons. The highest BCUT2D eigenvalue weighted by Crippen LogP contribution is 2.40. The van der Waals surface area contributed by atoms with E-state index in [1.165, 1.54) is 27.1 Å². The molecule has 0 saturated heterocycles. The van der Waals surface area contributed by atoms with Crippen LogP contribution in [0.4, 0.5) is 0 Å². The maximum Gasteiger partial charge on any atom is 0.137 e. The number of aromatic nitrogens is 3. The Labute approximate surface area is 273 Å². The zero-order valence-corrected chi connectivity index (χ0v) is 25.6. The Kier molecular flexibility index (Phi) is 6.46. The summed E-state index contributed by atoms with van der Waals surface area (Å²) in [7, 11) is 0. The molecule has 0 unspecified atom stereocenters. The van der Waals surface area contributed by atoms with Crippen molar-refractivity contribution in [3.05, 3.63) is 176 Å². The van der Waals surface area contributed by atoms with Gasteiger partial charge in [-0.05, 0) is 98.4 Å². The van der Waals surface area contributed by atoms with Gasteiger partial charge in [-0.2, -0.15) is 0 Å². The Morgan fingerprint density at radius 3 is 1.98 bits per heavy atom. The van der Waals surface area contributed by atoms with Crippen LogP contribution in [0.1, 0.15) is 0 Å². The maximum absolute atomic E-state index is 5.14. The summed E-state index contributed by atoms with van der Waals surface area (Å²) in [5, 5.41) is 4.99. The molecular formula is C44H29N3. The molecule has 3 heterocycles. The second-order valence-electron chi connectivity index (χ2n) is 11.9. The first-order chi connectivity index (χ1) is 23.3. The van der Waals surface area contributed by atoms with Crippen LogP contribution in [0.3, 0.4) is 0 Å². The zero-order chi connectivity index (χ0) is 31.2. The molecule has 0 aliphatic rings. The second kappa shape index (κ2) is 11.2. The van der Waals surface area contributed by atoms with Crippen LogP contribution >= 0.6 is 0 Å². The fourth-order valence-electron chi connectivity index (χ4n) is 6.84. The van der Waals surface area contributed by atoms with Gasteiger partial charge in [0.15, 0.2) is 0 Å². The van der Waals surface area contributed by atoms with E-state index in [2.05, 4.69) is 162 Å². The van der Waals surface area contributed by atoms with Crippen molar-refractivity contribution in [1.29, 1.82) is 0 Å².